The van der Waals surface area contributed by atoms with Crippen molar-refractivity contribution in [3.05, 3.63) is 172 Å². The van der Waals surface area contributed by atoms with Gasteiger partial charge in [0.05, 0.1) is 57.3 Å². The molecule has 0 aliphatic heterocycles. The molecule has 0 N–H and O–H groups in total. The highest BCUT2D eigenvalue weighted by atomic mass is 19.4. The average molecular weight is 1300 g/mol. The first-order chi connectivity index (χ1) is 41.1. The number of rotatable bonds is 24. The van der Waals surface area contributed by atoms with Crippen molar-refractivity contribution in [2.45, 2.75) is 166 Å². The standard InChI is InChI=1S/C32H12BF24.C29H47N2O/c34-25(35,36)13-1-14(26(37,38)39)6-21(5-13)33(22-7-15(27(40,41)42)2-16(8-22)28(43,44)45,23-9-17(29(46,47)48)3-18(10-23)30(49,50)51)24-11-19(31(52,53)54)4-20(12-24)32(55,56)57;1-2-3-4-5-6-7-8-9-10-11-12-13-14-15-16-20-25-32-29-27-31(24-23-30-29)26-28-21-18-17-19-22-28/h1-12H;17-19,21-24,27H,2-16,20,25-26H2,1H3/q-1;+1. The number of halogens is 24. The summed E-state index contributed by atoms with van der Waals surface area (Å²) in [6.07, 6.45) is -26.7. The Morgan fingerprint density at radius 1 is 0.348 bits per heavy atom. The third kappa shape index (κ3) is 21.5. The van der Waals surface area contributed by atoms with E-state index in [2.05, 4.69) is 40.7 Å². The summed E-state index contributed by atoms with van der Waals surface area (Å²) in [6, 6.07) is 1.68. The lowest BCUT2D eigenvalue weighted by Crippen LogP contribution is -2.75. The first-order valence-electron chi connectivity index (χ1n) is 28.0. The Morgan fingerprint density at radius 3 is 0.865 bits per heavy atom. The quantitative estimate of drug-likeness (QED) is 0.0261. The van der Waals surface area contributed by atoms with Crippen molar-refractivity contribution >= 4 is 28.0 Å². The van der Waals surface area contributed by atoms with Gasteiger partial charge in [0.25, 0.3) is 5.88 Å². The van der Waals surface area contributed by atoms with Crippen LogP contribution >= 0.6 is 0 Å². The van der Waals surface area contributed by atoms with E-state index in [-0.39, 0.29) is 0 Å². The van der Waals surface area contributed by atoms with Gasteiger partial charge in [0, 0.05) is 5.56 Å². The van der Waals surface area contributed by atoms with Crippen molar-refractivity contribution in [2.24, 2.45) is 0 Å². The van der Waals surface area contributed by atoms with Crippen LogP contribution in [0.3, 0.4) is 0 Å². The van der Waals surface area contributed by atoms with Crippen molar-refractivity contribution < 1.29 is 115 Å². The van der Waals surface area contributed by atoms with E-state index < -0.39 is 195 Å². The lowest BCUT2D eigenvalue weighted by Gasteiger charge is -2.46. The maximum atomic E-state index is 14.2. The SMILES string of the molecule is CCCCCCCCCCCCCCCCCCOc1c[n+](Cc2ccccc2)ccn1.FC(F)(F)c1cc([B-](c2cc(C(F)(F)F)cc(C(F)(F)F)c2)(c2cc(C(F)(F)F)cc(C(F)(F)F)c2)c2cc(C(F)(F)F)cc(C(F)(F)F)c2)cc(C(F)(F)F)c1. The van der Waals surface area contributed by atoms with Crippen molar-refractivity contribution in [2.75, 3.05) is 6.61 Å². The summed E-state index contributed by atoms with van der Waals surface area (Å²) in [5.74, 6) is 0.726. The molecule has 0 saturated carbocycles. The molecule has 28 heteroatoms. The molecule has 0 radical (unpaired) electrons. The van der Waals surface area contributed by atoms with Gasteiger partial charge in [-0.1, -0.05) is 182 Å². The fraction of sp³-hybridized carbons (Fsp3) is 0.443. The summed E-state index contributed by atoms with van der Waals surface area (Å²) >= 11 is 0. The van der Waals surface area contributed by atoms with E-state index in [4.69, 9.17) is 4.74 Å². The molecule has 0 saturated heterocycles. The number of hydrogen-bond donors (Lipinski definition) is 0. The van der Waals surface area contributed by atoms with E-state index in [1.54, 1.807) is 0 Å². The summed E-state index contributed by atoms with van der Waals surface area (Å²) < 4.78 is 349. The fourth-order valence-electron chi connectivity index (χ4n) is 10.3. The molecule has 6 aromatic rings. The molecule has 89 heavy (non-hydrogen) atoms. The van der Waals surface area contributed by atoms with Crippen LogP contribution in [0.2, 0.25) is 0 Å². The Balaban J connectivity index is 0.000000380. The molecule has 3 nitrogen and oxygen atoms in total. The fourth-order valence-corrected chi connectivity index (χ4v) is 10.3. The number of alkyl halides is 24. The molecule has 0 unspecified atom stereocenters. The molecule has 0 fully saturated rings. The Hall–Kier alpha value is -6.64. The summed E-state index contributed by atoms with van der Waals surface area (Å²) in [5.41, 5.74) is -28.9. The molecule has 0 atom stereocenters. The predicted octanol–water partition coefficient (Wildman–Crippen LogP) is 19.3. The minimum absolute atomic E-state index is 0.691. The zero-order valence-electron chi connectivity index (χ0n) is 47.2. The Bertz CT molecular complexity index is 2760. The highest BCUT2D eigenvalue weighted by Gasteiger charge is 2.47. The zero-order valence-corrected chi connectivity index (χ0v) is 47.2. The van der Waals surface area contributed by atoms with E-state index in [1.807, 2.05) is 24.7 Å². The minimum Gasteiger partial charge on any atom is -0.473 e. The minimum atomic E-state index is -6.13. The van der Waals surface area contributed by atoms with Crippen molar-refractivity contribution in [1.82, 2.24) is 4.98 Å². The van der Waals surface area contributed by atoms with Gasteiger partial charge in [-0.3, -0.25) is 0 Å². The van der Waals surface area contributed by atoms with Gasteiger partial charge < -0.3 is 4.74 Å². The Labute approximate surface area is 496 Å². The second-order valence-corrected chi connectivity index (χ2v) is 21.4. The van der Waals surface area contributed by atoms with Crippen LogP contribution in [0.25, 0.3) is 0 Å². The van der Waals surface area contributed by atoms with Gasteiger partial charge in [-0.15, -0.1) is 0 Å². The van der Waals surface area contributed by atoms with Crippen LogP contribution < -0.4 is 31.2 Å². The largest absolute Gasteiger partial charge is 0.473 e. The van der Waals surface area contributed by atoms with E-state index in [0.29, 0.717) is 0 Å². The maximum Gasteiger partial charge on any atom is 0.416 e. The molecule has 1 heterocycles. The zero-order chi connectivity index (χ0) is 66.4. The summed E-state index contributed by atoms with van der Waals surface area (Å²) in [7, 11) is 0. The molecule has 0 bridgehead atoms. The highest BCUT2D eigenvalue weighted by Crippen LogP contribution is 2.42. The smallest absolute Gasteiger partial charge is 0.416 e. The molecule has 5 aromatic carbocycles. The van der Waals surface area contributed by atoms with Crippen molar-refractivity contribution in [3.8, 4) is 5.88 Å². The van der Waals surface area contributed by atoms with Gasteiger partial charge in [-0.2, -0.15) is 132 Å². The monoisotopic (exact) mass is 1300 g/mol. The molecular formula is C61H59BF24N2O. The van der Waals surface area contributed by atoms with E-state index in [0.717, 1.165) is 25.5 Å². The van der Waals surface area contributed by atoms with Gasteiger partial charge in [-0.25, -0.2) is 4.98 Å². The van der Waals surface area contributed by atoms with Crippen LogP contribution in [0.4, 0.5) is 105 Å². The van der Waals surface area contributed by atoms with Gasteiger partial charge in [0.2, 0.25) is 6.20 Å². The highest BCUT2D eigenvalue weighted by molar-refractivity contribution is 7.20. The van der Waals surface area contributed by atoms with Crippen LogP contribution in [0, 0.1) is 0 Å². The second kappa shape index (κ2) is 30.0. The number of benzene rings is 5. The first kappa shape index (κ1) is 73.1. The van der Waals surface area contributed by atoms with Crippen molar-refractivity contribution in [1.29, 1.82) is 0 Å². The molecule has 0 aliphatic rings. The van der Waals surface area contributed by atoms with Crippen LogP contribution in [0.15, 0.2) is 122 Å². The Kier molecular flexibility index (Phi) is 24.6. The average Bonchev–Trinajstić information content (AvgIpc) is 0.722. The maximum absolute atomic E-state index is 14.2. The molecule has 6 rings (SSSR count). The number of hydrogen-bond acceptors (Lipinski definition) is 2. The van der Waals surface area contributed by atoms with Gasteiger partial charge in [-0.05, 0) is 30.7 Å². The second-order valence-electron chi connectivity index (χ2n) is 21.4. The number of ether oxygens (including phenoxy) is 1. The number of nitrogens with zero attached hydrogens (tertiary/aromatic N) is 2. The molecular weight excluding hydrogens is 1240 g/mol. The molecule has 0 spiro atoms. The predicted molar refractivity (Wildman–Crippen MR) is 285 cm³/mol. The van der Waals surface area contributed by atoms with Crippen LogP contribution in [0.1, 0.15) is 160 Å². The first-order valence-corrected chi connectivity index (χ1v) is 28.0. The normalized spacial score (nSPS) is 13.1. The van der Waals surface area contributed by atoms with Crippen LogP contribution in [-0.4, -0.2) is 17.7 Å². The summed E-state index contributed by atoms with van der Waals surface area (Å²) in [6.45, 7) is 3.90. The summed E-state index contributed by atoms with van der Waals surface area (Å²) in [5, 5.41) is 0. The number of unbranched alkanes of at least 4 members (excludes halogenated alkanes) is 15. The molecule has 1 aromatic heterocycles. The summed E-state index contributed by atoms with van der Waals surface area (Å²) in [4.78, 5) is 4.35. The van der Waals surface area contributed by atoms with Gasteiger partial charge in [0.1, 0.15) is 6.15 Å². The number of aromatic nitrogens is 2. The van der Waals surface area contributed by atoms with Gasteiger partial charge in [0.15, 0.2) is 12.7 Å². The van der Waals surface area contributed by atoms with E-state index in [9.17, 15) is 105 Å². The topological polar surface area (TPSA) is 26.0 Å². The molecule has 0 amide bonds. The van der Waals surface area contributed by atoms with Gasteiger partial charge >= 0.3 is 49.4 Å². The molecule has 490 valence electrons. The molecule has 0 aliphatic carbocycles. The van der Waals surface area contributed by atoms with Crippen molar-refractivity contribution in [3.63, 3.8) is 0 Å². The lowest BCUT2D eigenvalue weighted by molar-refractivity contribution is -0.689. The Morgan fingerprint density at radius 2 is 0.607 bits per heavy atom. The van der Waals surface area contributed by atoms with Crippen LogP contribution in [-0.2, 0) is 56.0 Å². The van der Waals surface area contributed by atoms with E-state index >= 15 is 0 Å². The lowest BCUT2D eigenvalue weighted by atomic mass is 9.12. The van der Waals surface area contributed by atoms with E-state index in [1.165, 1.54) is 102 Å². The third-order valence-corrected chi connectivity index (χ3v) is 14.6. The van der Waals surface area contributed by atoms with Crippen LogP contribution in [0.5, 0.6) is 5.88 Å². The third-order valence-electron chi connectivity index (χ3n) is 14.6.